The van der Waals surface area contributed by atoms with Crippen LogP contribution < -0.4 is 0 Å². The third-order valence-electron chi connectivity index (χ3n) is 2.25. The molecule has 16 heavy (non-hydrogen) atoms. The van der Waals surface area contributed by atoms with Crippen LogP contribution in [0.15, 0.2) is 24.3 Å². The van der Waals surface area contributed by atoms with Crippen molar-refractivity contribution in [2.75, 3.05) is 13.2 Å². The van der Waals surface area contributed by atoms with Gasteiger partial charge in [-0.15, -0.1) is 0 Å². The molecule has 0 saturated heterocycles. The highest BCUT2D eigenvalue weighted by atomic mass is 19.1. The predicted molar refractivity (Wildman–Crippen MR) is 60.8 cm³/mol. The quantitative estimate of drug-likeness (QED) is 0.666. The van der Waals surface area contributed by atoms with Gasteiger partial charge in [0.1, 0.15) is 12.4 Å². The van der Waals surface area contributed by atoms with Gasteiger partial charge in [0.25, 0.3) is 0 Å². The summed E-state index contributed by atoms with van der Waals surface area (Å²) in [6, 6.07) is 6.32. The Kier molecular flexibility index (Phi) is 5.72. The van der Waals surface area contributed by atoms with Gasteiger partial charge < -0.3 is 4.74 Å². The van der Waals surface area contributed by atoms with E-state index < -0.39 is 0 Å². The molecule has 0 aromatic heterocycles. The number of halogens is 1. The number of hydrogen-bond donors (Lipinski definition) is 0. The highest BCUT2D eigenvalue weighted by molar-refractivity contribution is 5.82. The van der Waals surface area contributed by atoms with Gasteiger partial charge in [0.2, 0.25) is 0 Å². The number of Topliss-reactive ketones (excluding diaryl/α,β-unsaturated/α-hetero) is 1. The molecule has 0 N–H and O–H groups in total. The maximum Gasteiger partial charge on any atom is 0.162 e. The van der Waals surface area contributed by atoms with Gasteiger partial charge in [-0.05, 0) is 18.1 Å². The summed E-state index contributed by atoms with van der Waals surface area (Å²) in [5.74, 6) is -0.411. The van der Waals surface area contributed by atoms with E-state index in [-0.39, 0.29) is 24.6 Å². The monoisotopic (exact) mass is 224 g/mol. The first-order valence-corrected chi connectivity index (χ1v) is 5.57. The van der Waals surface area contributed by atoms with Crippen molar-refractivity contribution in [3.05, 3.63) is 35.6 Å². The van der Waals surface area contributed by atoms with Crippen LogP contribution in [0.1, 0.15) is 25.3 Å². The minimum atomic E-state index is -0.329. The highest BCUT2D eigenvalue weighted by Gasteiger charge is 2.07. The smallest absolute Gasteiger partial charge is 0.162 e. The van der Waals surface area contributed by atoms with Crippen molar-refractivity contribution in [3.63, 3.8) is 0 Å². The number of benzene rings is 1. The minimum Gasteiger partial charge on any atom is -0.374 e. The maximum absolute atomic E-state index is 13.2. The zero-order valence-corrected chi connectivity index (χ0v) is 9.54. The summed E-state index contributed by atoms with van der Waals surface area (Å²) >= 11 is 0. The molecule has 0 unspecified atom stereocenters. The lowest BCUT2D eigenvalue weighted by molar-refractivity contribution is -0.123. The van der Waals surface area contributed by atoms with E-state index in [0.717, 1.165) is 12.8 Å². The van der Waals surface area contributed by atoms with Crippen molar-refractivity contribution in [1.29, 1.82) is 0 Å². The van der Waals surface area contributed by atoms with E-state index in [0.29, 0.717) is 12.2 Å². The van der Waals surface area contributed by atoms with Gasteiger partial charge in [0.15, 0.2) is 5.78 Å². The first-order valence-electron chi connectivity index (χ1n) is 5.57. The van der Waals surface area contributed by atoms with Crippen LogP contribution in [0.5, 0.6) is 0 Å². The largest absolute Gasteiger partial charge is 0.374 e. The second kappa shape index (κ2) is 7.12. The molecule has 1 rings (SSSR count). The average molecular weight is 224 g/mol. The van der Waals surface area contributed by atoms with Crippen LogP contribution in [0.4, 0.5) is 4.39 Å². The SMILES string of the molecule is CCCCOCC(=O)Cc1ccccc1F. The summed E-state index contributed by atoms with van der Waals surface area (Å²) in [5.41, 5.74) is 0.437. The molecule has 0 amide bonds. The first kappa shape index (κ1) is 12.8. The van der Waals surface area contributed by atoms with E-state index in [1.807, 2.05) is 0 Å². The van der Waals surface area contributed by atoms with E-state index in [9.17, 15) is 9.18 Å². The van der Waals surface area contributed by atoms with E-state index >= 15 is 0 Å². The lowest BCUT2D eigenvalue weighted by atomic mass is 10.1. The van der Waals surface area contributed by atoms with Crippen molar-refractivity contribution in [2.45, 2.75) is 26.2 Å². The molecule has 0 fully saturated rings. The number of carbonyl (C=O) groups is 1. The van der Waals surface area contributed by atoms with Crippen LogP contribution in [0.2, 0.25) is 0 Å². The fraction of sp³-hybridized carbons (Fsp3) is 0.462. The molecule has 2 nitrogen and oxygen atoms in total. The van der Waals surface area contributed by atoms with Gasteiger partial charge in [0.05, 0.1) is 0 Å². The van der Waals surface area contributed by atoms with Gasteiger partial charge in [-0.1, -0.05) is 31.5 Å². The Morgan fingerprint density at radius 3 is 2.81 bits per heavy atom. The van der Waals surface area contributed by atoms with Gasteiger partial charge in [-0.2, -0.15) is 0 Å². The molecular weight excluding hydrogens is 207 g/mol. The zero-order valence-electron chi connectivity index (χ0n) is 9.54. The molecule has 0 atom stereocenters. The van der Waals surface area contributed by atoms with Crippen LogP contribution in [0.25, 0.3) is 0 Å². The van der Waals surface area contributed by atoms with Gasteiger partial charge in [-0.25, -0.2) is 4.39 Å². The molecule has 1 aromatic carbocycles. The molecule has 3 heteroatoms. The average Bonchev–Trinajstić information content (AvgIpc) is 2.28. The van der Waals surface area contributed by atoms with E-state index in [2.05, 4.69) is 6.92 Å². The summed E-state index contributed by atoms with van der Waals surface area (Å²) in [6.45, 7) is 2.73. The number of ether oxygens (including phenoxy) is 1. The Morgan fingerprint density at radius 1 is 1.38 bits per heavy atom. The fourth-order valence-corrected chi connectivity index (χ4v) is 1.34. The summed E-state index contributed by atoms with van der Waals surface area (Å²) in [4.78, 5) is 11.4. The maximum atomic E-state index is 13.2. The number of hydrogen-bond acceptors (Lipinski definition) is 2. The Morgan fingerprint density at radius 2 is 2.12 bits per heavy atom. The second-order valence-corrected chi connectivity index (χ2v) is 3.71. The number of ketones is 1. The number of rotatable bonds is 7. The Bertz CT molecular complexity index is 336. The van der Waals surface area contributed by atoms with Crippen LogP contribution in [-0.2, 0) is 16.0 Å². The standard InChI is InChI=1S/C13H17FO2/c1-2-3-8-16-10-12(15)9-11-6-4-5-7-13(11)14/h4-7H,2-3,8-10H2,1H3. The molecule has 0 saturated carbocycles. The molecule has 0 aliphatic rings. The third-order valence-corrected chi connectivity index (χ3v) is 2.25. The normalized spacial score (nSPS) is 10.4. The highest BCUT2D eigenvalue weighted by Crippen LogP contribution is 2.07. The van der Waals surface area contributed by atoms with Crippen molar-refractivity contribution in [1.82, 2.24) is 0 Å². The number of unbranched alkanes of at least 4 members (excludes halogenated alkanes) is 1. The molecule has 0 bridgehead atoms. The molecule has 0 heterocycles. The number of carbonyl (C=O) groups excluding carboxylic acids is 1. The van der Waals surface area contributed by atoms with Crippen LogP contribution in [0, 0.1) is 5.82 Å². The van der Waals surface area contributed by atoms with E-state index in [1.54, 1.807) is 18.2 Å². The van der Waals surface area contributed by atoms with E-state index in [1.165, 1.54) is 6.07 Å². The molecule has 0 radical (unpaired) electrons. The lowest BCUT2D eigenvalue weighted by Crippen LogP contribution is -2.12. The van der Waals surface area contributed by atoms with Crippen molar-refractivity contribution in [2.24, 2.45) is 0 Å². The Hall–Kier alpha value is -1.22. The van der Waals surface area contributed by atoms with Crippen LogP contribution in [0.3, 0.4) is 0 Å². The first-order chi connectivity index (χ1) is 7.74. The van der Waals surface area contributed by atoms with Crippen LogP contribution >= 0.6 is 0 Å². The van der Waals surface area contributed by atoms with Crippen molar-refractivity contribution < 1.29 is 13.9 Å². The second-order valence-electron chi connectivity index (χ2n) is 3.71. The predicted octanol–water partition coefficient (Wildman–Crippen LogP) is 2.75. The van der Waals surface area contributed by atoms with Crippen molar-refractivity contribution in [3.8, 4) is 0 Å². The fourth-order valence-electron chi connectivity index (χ4n) is 1.34. The van der Waals surface area contributed by atoms with Gasteiger partial charge in [0, 0.05) is 13.0 Å². The summed E-state index contributed by atoms with van der Waals surface area (Å²) in [6.07, 6.45) is 2.10. The topological polar surface area (TPSA) is 26.3 Å². The van der Waals surface area contributed by atoms with E-state index in [4.69, 9.17) is 4.74 Å². The minimum absolute atomic E-state index is 0.0777. The molecule has 0 spiro atoms. The molecule has 0 aliphatic carbocycles. The van der Waals surface area contributed by atoms with Crippen LogP contribution in [-0.4, -0.2) is 19.0 Å². The molecule has 1 aromatic rings. The van der Waals surface area contributed by atoms with Crippen molar-refractivity contribution >= 4 is 5.78 Å². The van der Waals surface area contributed by atoms with Gasteiger partial charge >= 0.3 is 0 Å². The van der Waals surface area contributed by atoms with Gasteiger partial charge in [-0.3, -0.25) is 4.79 Å². The molecule has 0 aliphatic heterocycles. The zero-order chi connectivity index (χ0) is 11.8. The summed E-state index contributed by atoms with van der Waals surface area (Å²) in [5, 5.41) is 0. The molecule has 88 valence electrons. The summed E-state index contributed by atoms with van der Waals surface area (Å²) < 4.78 is 18.4. The molecular formula is C13H17FO2. The summed E-state index contributed by atoms with van der Waals surface area (Å²) in [7, 11) is 0. The third kappa shape index (κ3) is 4.53. The lowest BCUT2D eigenvalue weighted by Gasteiger charge is -2.03. The Labute approximate surface area is 95.4 Å². The Balaban J connectivity index is 2.32.